The summed E-state index contributed by atoms with van der Waals surface area (Å²) in [6.07, 6.45) is 5.31. The highest BCUT2D eigenvalue weighted by Gasteiger charge is 2.19. The Kier molecular flexibility index (Phi) is 5.62. The summed E-state index contributed by atoms with van der Waals surface area (Å²) in [7, 11) is 0. The van der Waals surface area contributed by atoms with E-state index in [9.17, 15) is 4.79 Å². The highest BCUT2D eigenvalue weighted by Crippen LogP contribution is 2.26. The first-order valence-corrected chi connectivity index (χ1v) is 7.81. The van der Waals surface area contributed by atoms with Crippen molar-refractivity contribution in [3.63, 3.8) is 0 Å². The van der Waals surface area contributed by atoms with Crippen molar-refractivity contribution in [1.82, 2.24) is 0 Å². The zero-order chi connectivity index (χ0) is 15.2. The van der Waals surface area contributed by atoms with Gasteiger partial charge < -0.3 is 15.8 Å². The number of hydrogen-bond donors (Lipinski definition) is 2. The molecule has 2 rings (SSSR count). The van der Waals surface area contributed by atoms with Crippen molar-refractivity contribution in [1.29, 1.82) is 0 Å². The van der Waals surface area contributed by atoms with Gasteiger partial charge in [-0.1, -0.05) is 31.9 Å². The molecule has 3 N–H and O–H groups in total. The fourth-order valence-electron chi connectivity index (χ4n) is 2.82. The molecule has 21 heavy (non-hydrogen) atoms. The molecule has 1 saturated carbocycles. The molecule has 0 radical (unpaired) electrons. The van der Waals surface area contributed by atoms with Gasteiger partial charge in [0.25, 0.3) is 0 Å². The number of nitrogens with one attached hydrogen (secondary N) is 1. The second kappa shape index (κ2) is 7.46. The quantitative estimate of drug-likeness (QED) is 0.846. The molecule has 0 unspecified atom stereocenters. The smallest absolute Gasteiger partial charge is 0.239 e. The van der Waals surface area contributed by atoms with Crippen molar-refractivity contribution in [2.75, 3.05) is 5.32 Å². The van der Waals surface area contributed by atoms with Gasteiger partial charge in [-0.15, -0.1) is 0 Å². The molecule has 1 aromatic carbocycles. The minimum absolute atomic E-state index is 0.354. The normalized spacial score (nSPS) is 23.5. The molecule has 1 fully saturated rings. The first-order chi connectivity index (χ1) is 10.0. The van der Waals surface area contributed by atoms with Crippen LogP contribution in [0.3, 0.4) is 0 Å². The second-order valence-electron chi connectivity index (χ2n) is 6.17. The third-order valence-corrected chi connectivity index (χ3v) is 4.11. The van der Waals surface area contributed by atoms with Crippen LogP contribution in [-0.2, 0) is 16.1 Å². The first kappa shape index (κ1) is 15.8. The minimum Gasteiger partial charge on any atom is -0.374 e. The number of benzene rings is 1. The van der Waals surface area contributed by atoms with Gasteiger partial charge in [-0.05, 0) is 43.4 Å². The van der Waals surface area contributed by atoms with Crippen LogP contribution in [0.2, 0.25) is 0 Å². The van der Waals surface area contributed by atoms with Crippen molar-refractivity contribution in [2.45, 2.75) is 58.3 Å². The molecule has 0 aromatic heterocycles. The lowest BCUT2D eigenvalue weighted by Gasteiger charge is -2.26. The van der Waals surface area contributed by atoms with E-state index in [1.54, 1.807) is 6.92 Å². The van der Waals surface area contributed by atoms with Crippen LogP contribution in [-0.4, -0.2) is 18.1 Å². The van der Waals surface area contributed by atoms with Crippen LogP contribution in [0.15, 0.2) is 24.3 Å². The van der Waals surface area contributed by atoms with E-state index in [2.05, 4.69) is 12.2 Å². The standard InChI is InChI=1S/C17H26N2O2/c1-12-5-3-8-16(9-12)21-11-14-6-4-7-15(10-14)19-13(2)17(18)20/h4,6-7,10,12-13,16,19H,3,5,8-9,11H2,1-2H3,(H2,18,20)/t12-,13+,16-/m1/s1. The average Bonchev–Trinajstić information content (AvgIpc) is 2.45. The fraction of sp³-hybridized carbons (Fsp3) is 0.588. The molecule has 0 aliphatic heterocycles. The monoisotopic (exact) mass is 290 g/mol. The van der Waals surface area contributed by atoms with Gasteiger partial charge in [0.05, 0.1) is 12.7 Å². The van der Waals surface area contributed by atoms with Crippen LogP contribution < -0.4 is 11.1 Å². The SMILES string of the molecule is C[C@@H]1CCC[C@@H](OCc2cccc(N[C@@H](C)C(N)=O)c2)C1. The van der Waals surface area contributed by atoms with Gasteiger partial charge in [0, 0.05) is 5.69 Å². The Balaban J connectivity index is 1.87. The molecular formula is C17H26N2O2. The molecular weight excluding hydrogens is 264 g/mol. The molecule has 4 nitrogen and oxygen atoms in total. The molecule has 0 spiro atoms. The van der Waals surface area contributed by atoms with Crippen LogP contribution in [0.5, 0.6) is 0 Å². The predicted molar refractivity (Wildman–Crippen MR) is 84.9 cm³/mol. The van der Waals surface area contributed by atoms with Gasteiger partial charge in [0.2, 0.25) is 5.91 Å². The Morgan fingerprint density at radius 1 is 1.48 bits per heavy atom. The van der Waals surface area contributed by atoms with Crippen LogP contribution in [0.1, 0.15) is 45.1 Å². The van der Waals surface area contributed by atoms with Gasteiger partial charge in [-0.2, -0.15) is 0 Å². The summed E-state index contributed by atoms with van der Waals surface area (Å²) in [6.45, 7) is 4.68. The van der Waals surface area contributed by atoms with E-state index in [1.807, 2.05) is 24.3 Å². The van der Waals surface area contributed by atoms with Crippen molar-refractivity contribution < 1.29 is 9.53 Å². The maximum absolute atomic E-state index is 11.1. The van der Waals surface area contributed by atoms with Crippen molar-refractivity contribution in [3.05, 3.63) is 29.8 Å². The number of hydrogen-bond acceptors (Lipinski definition) is 3. The molecule has 1 aromatic rings. The third-order valence-electron chi connectivity index (χ3n) is 4.11. The number of rotatable bonds is 6. The Labute approximate surface area is 127 Å². The molecule has 116 valence electrons. The summed E-state index contributed by atoms with van der Waals surface area (Å²) < 4.78 is 6.03. The van der Waals surface area contributed by atoms with Gasteiger partial charge in [-0.3, -0.25) is 4.79 Å². The van der Waals surface area contributed by atoms with E-state index in [-0.39, 0.29) is 11.9 Å². The zero-order valence-electron chi connectivity index (χ0n) is 13.0. The van der Waals surface area contributed by atoms with Gasteiger partial charge in [0.1, 0.15) is 6.04 Å². The Morgan fingerprint density at radius 2 is 2.29 bits per heavy atom. The van der Waals surface area contributed by atoms with Crippen LogP contribution in [0.25, 0.3) is 0 Å². The average molecular weight is 290 g/mol. The molecule has 0 saturated heterocycles. The lowest BCUT2D eigenvalue weighted by molar-refractivity contribution is -0.118. The molecule has 4 heteroatoms. The zero-order valence-corrected chi connectivity index (χ0v) is 13.0. The fourth-order valence-corrected chi connectivity index (χ4v) is 2.82. The van der Waals surface area contributed by atoms with Crippen molar-refractivity contribution in [2.24, 2.45) is 11.7 Å². The topological polar surface area (TPSA) is 64.3 Å². The second-order valence-corrected chi connectivity index (χ2v) is 6.17. The third kappa shape index (κ3) is 5.05. The van der Waals surface area contributed by atoms with Crippen molar-refractivity contribution >= 4 is 11.6 Å². The predicted octanol–water partition coefficient (Wildman–Crippen LogP) is 3.07. The number of ether oxygens (including phenoxy) is 1. The Bertz CT molecular complexity index is 476. The highest BCUT2D eigenvalue weighted by molar-refractivity contribution is 5.82. The molecule has 0 bridgehead atoms. The van der Waals surface area contributed by atoms with Crippen LogP contribution in [0, 0.1) is 5.92 Å². The maximum atomic E-state index is 11.1. The molecule has 0 heterocycles. The van der Waals surface area contributed by atoms with E-state index >= 15 is 0 Å². The summed E-state index contributed by atoms with van der Waals surface area (Å²) >= 11 is 0. The van der Waals surface area contributed by atoms with Gasteiger partial charge >= 0.3 is 0 Å². The van der Waals surface area contributed by atoms with E-state index in [0.29, 0.717) is 12.7 Å². The van der Waals surface area contributed by atoms with E-state index in [4.69, 9.17) is 10.5 Å². The summed E-state index contributed by atoms with van der Waals surface area (Å²) in [5.74, 6) is 0.418. The first-order valence-electron chi connectivity index (χ1n) is 7.81. The Morgan fingerprint density at radius 3 is 3.00 bits per heavy atom. The van der Waals surface area contributed by atoms with E-state index < -0.39 is 0 Å². The molecule has 1 aliphatic rings. The molecule has 1 amide bonds. The van der Waals surface area contributed by atoms with E-state index in [0.717, 1.165) is 23.6 Å². The number of amides is 1. The van der Waals surface area contributed by atoms with Gasteiger partial charge in [0.15, 0.2) is 0 Å². The number of primary amides is 1. The van der Waals surface area contributed by atoms with Crippen LogP contribution in [0.4, 0.5) is 5.69 Å². The number of nitrogens with two attached hydrogens (primary N) is 1. The Hall–Kier alpha value is -1.55. The number of carbonyl (C=O) groups excluding carboxylic acids is 1. The highest BCUT2D eigenvalue weighted by atomic mass is 16.5. The lowest BCUT2D eigenvalue weighted by atomic mass is 9.89. The van der Waals surface area contributed by atoms with Crippen molar-refractivity contribution in [3.8, 4) is 0 Å². The van der Waals surface area contributed by atoms with Crippen LogP contribution >= 0.6 is 0 Å². The number of anilines is 1. The molecule has 3 atom stereocenters. The lowest BCUT2D eigenvalue weighted by Crippen LogP contribution is -2.32. The van der Waals surface area contributed by atoms with Gasteiger partial charge in [-0.25, -0.2) is 0 Å². The maximum Gasteiger partial charge on any atom is 0.239 e. The summed E-state index contributed by atoms with van der Waals surface area (Å²) in [6, 6.07) is 7.60. The molecule has 1 aliphatic carbocycles. The minimum atomic E-state index is -0.375. The van der Waals surface area contributed by atoms with E-state index in [1.165, 1.54) is 19.3 Å². The summed E-state index contributed by atoms with van der Waals surface area (Å²) in [4.78, 5) is 11.1. The largest absolute Gasteiger partial charge is 0.374 e. The summed E-state index contributed by atoms with van der Waals surface area (Å²) in [5, 5.41) is 3.10. The number of carbonyl (C=O) groups is 1. The summed E-state index contributed by atoms with van der Waals surface area (Å²) in [5.41, 5.74) is 7.29.